The van der Waals surface area contributed by atoms with Gasteiger partial charge in [-0.15, -0.1) is 0 Å². The molecule has 3 rings (SSSR count). The maximum Gasteiger partial charge on any atom is 0.239 e. The first-order valence-corrected chi connectivity index (χ1v) is 8.44. The first-order chi connectivity index (χ1) is 11.1. The number of aliphatic hydroxyl groups excluding tert-OH is 1. The summed E-state index contributed by atoms with van der Waals surface area (Å²) in [6.07, 6.45) is 2.36. The van der Waals surface area contributed by atoms with Gasteiger partial charge in [0.2, 0.25) is 11.8 Å². The van der Waals surface area contributed by atoms with Crippen molar-refractivity contribution in [2.45, 2.75) is 19.3 Å². The number of anilines is 1. The van der Waals surface area contributed by atoms with Gasteiger partial charge in [-0.05, 0) is 43.4 Å². The molecule has 0 aliphatic carbocycles. The molecule has 1 N–H and O–H groups in total. The fourth-order valence-corrected chi connectivity index (χ4v) is 3.63. The molecule has 124 valence electrons. The van der Waals surface area contributed by atoms with Crippen molar-refractivity contribution >= 4 is 29.1 Å². The van der Waals surface area contributed by atoms with E-state index in [0.29, 0.717) is 31.1 Å². The van der Waals surface area contributed by atoms with Crippen molar-refractivity contribution in [2.24, 2.45) is 11.8 Å². The van der Waals surface area contributed by atoms with Gasteiger partial charge in [0, 0.05) is 37.0 Å². The van der Waals surface area contributed by atoms with Crippen molar-refractivity contribution in [3.05, 3.63) is 29.3 Å². The van der Waals surface area contributed by atoms with Crippen molar-refractivity contribution in [3.8, 4) is 0 Å². The Morgan fingerprint density at radius 2 is 2.13 bits per heavy atom. The molecule has 0 saturated carbocycles. The van der Waals surface area contributed by atoms with Gasteiger partial charge < -0.3 is 14.9 Å². The van der Waals surface area contributed by atoms with Crippen molar-refractivity contribution in [2.75, 3.05) is 31.1 Å². The second kappa shape index (κ2) is 6.89. The van der Waals surface area contributed by atoms with Gasteiger partial charge in [-0.2, -0.15) is 0 Å². The average molecular weight is 337 g/mol. The van der Waals surface area contributed by atoms with Gasteiger partial charge in [0.25, 0.3) is 0 Å². The van der Waals surface area contributed by atoms with Crippen LogP contribution in [0.2, 0.25) is 5.02 Å². The van der Waals surface area contributed by atoms with Crippen molar-refractivity contribution in [1.82, 2.24) is 4.90 Å². The molecule has 0 radical (unpaired) electrons. The number of hydrogen-bond donors (Lipinski definition) is 1. The number of benzene rings is 1. The number of likely N-dealkylation sites (tertiary alicyclic amines) is 1. The van der Waals surface area contributed by atoms with Gasteiger partial charge >= 0.3 is 0 Å². The highest BCUT2D eigenvalue weighted by atomic mass is 35.5. The van der Waals surface area contributed by atoms with Crippen LogP contribution in [-0.4, -0.2) is 48.1 Å². The van der Waals surface area contributed by atoms with Gasteiger partial charge in [0.1, 0.15) is 5.92 Å². The number of nitrogens with zero attached hydrogens (tertiary/aromatic N) is 2. The predicted molar refractivity (Wildman–Crippen MR) is 88.3 cm³/mol. The molecule has 5 nitrogen and oxygen atoms in total. The lowest BCUT2D eigenvalue weighted by molar-refractivity contribution is -0.141. The fraction of sp³-hybridized carbons (Fsp3) is 0.529. The Kier molecular flexibility index (Phi) is 4.87. The largest absolute Gasteiger partial charge is 0.396 e. The van der Waals surface area contributed by atoms with E-state index in [0.717, 1.165) is 18.5 Å². The molecule has 6 heteroatoms. The normalized spacial score (nSPS) is 25.0. The molecule has 0 bridgehead atoms. The number of amides is 2. The highest BCUT2D eigenvalue weighted by Gasteiger charge is 2.40. The third-order valence-electron chi connectivity index (χ3n) is 4.71. The first-order valence-electron chi connectivity index (χ1n) is 8.06. The third-order valence-corrected chi connectivity index (χ3v) is 4.95. The van der Waals surface area contributed by atoms with E-state index in [1.165, 1.54) is 0 Å². The van der Waals surface area contributed by atoms with E-state index in [1.807, 2.05) is 6.07 Å². The minimum atomic E-state index is -0.605. The monoisotopic (exact) mass is 336 g/mol. The Hall–Kier alpha value is -1.59. The molecule has 0 aromatic heterocycles. The lowest BCUT2D eigenvalue weighted by Gasteiger charge is -2.33. The molecule has 2 amide bonds. The number of hydrogen-bond acceptors (Lipinski definition) is 3. The summed E-state index contributed by atoms with van der Waals surface area (Å²) in [5.74, 6) is -0.722. The third kappa shape index (κ3) is 3.35. The number of halogens is 1. The van der Waals surface area contributed by atoms with Crippen LogP contribution in [0.1, 0.15) is 19.3 Å². The lowest BCUT2D eigenvalue weighted by Crippen LogP contribution is -2.45. The molecule has 2 aliphatic rings. The maximum atomic E-state index is 12.7. The van der Waals surface area contributed by atoms with E-state index < -0.39 is 5.92 Å². The summed E-state index contributed by atoms with van der Waals surface area (Å²) in [6.45, 7) is 1.86. The second-order valence-electron chi connectivity index (χ2n) is 6.29. The molecule has 2 unspecified atom stereocenters. The van der Waals surface area contributed by atoms with Crippen LogP contribution in [0.25, 0.3) is 0 Å². The van der Waals surface area contributed by atoms with Crippen LogP contribution >= 0.6 is 11.6 Å². The van der Waals surface area contributed by atoms with Crippen LogP contribution < -0.4 is 4.90 Å². The molecule has 2 fully saturated rings. The van der Waals surface area contributed by atoms with Crippen LogP contribution in [0.4, 0.5) is 5.69 Å². The molecule has 2 aliphatic heterocycles. The summed E-state index contributed by atoms with van der Waals surface area (Å²) < 4.78 is 0. The van der Waals surface area contributed by atoms with Crippen LogP contribution in [-0.2, 0) is 9.59 Å². The van der Waals surface area contributed by atoms with E-state index >= 15 is 0 Å². The zero-order chi connectivity index (χ0) is 16.4. The molecule has 1 aromatic rings. The van der Waals surface area contributed by atoms with Gasteiger partial charge in [-0.3, -0.25) is 9.59 Å². The van der Waals surface area contributed by atoms with E-state index in [-0.39, 0.29) is 24.3 Å². The van der Waals surface area contributed by atoms with E-state index in [4.69, 9.17) is 11.6 Å². The standard InChI is InChI=1S/C17H21ClN2O3/c18-13-4-1-5-14(9-13)20-8-6-15(17(20)23)16(22)19-7-2-3-12(10-19)11-21/h1,4-5,9,12,15,21H,2-3,6-8,10-11H2. The minimum Gasteiger partial charge on any atom is -0.396 e. The highest BCUT2D eigenvalue weighted by Crippen LogP contribution is 2.29. The van der Waals surface area contributed by atoms with Crippen LogP contribution in [0.3, 0.4) is 0 Å². The Labute approximate surface area is 140 Å². The minimum absolute atomic E-state index is 0.0943. The fourth-order valence-electron chi connectivity index (χ4n) is 3.44. The molecule has 2 heterocycles. The SMILES string of the molecule is O=C(C1CCN(c2cccc(Cl)c2)C1=O)N1CCCC(CO)C1. The van der Waals surface area contributed by atoms with E-state index in [9.17, 15) is 14.7 Å². The smallest absolute Gasteiger partial charge is 0.239 e. The zero-order valence-electron chi connectivity index (χ0n) is 12.9. The van der Waals surface area contributed by atoms with E-state index in [2.05, 4.69) is 0 Å². The number of carbonyl (C=O) groups is 2. The summed E-state index contributed by atoms with van der Waals surface area (Å²) in [5, 5.41) is 9.87. The van der Waals surface area contributed by atoms with Gasteiger partial charge in [-0.1, -0.05) is 17.7 Å². The summed E-state index contributed by atoms with van der Waals surface area (Å²) in [5.41, 5.74) is 0.740. The second-order valence-corrected chi connectivity index (χ2v) is 6.72. The molecular weight excluding hydrogens is 316 g/mol. The predicted octanol–water partition coefficient (Wildman–Crippen LogP) is 1.92. The number of carbonyl (C=O) groups excluding carboxylic acids is 2. The maximum absolute atomic E-state index is 12.7. The summed E-state index contributed by atoms with van der Waals surface area (Å²) >= 11 is 5.99. The van der Waals surface area contributed by atoms with E-state index in [1.54, 1.807) is 28.0 Å². The summed E-state index contributed by atoms with van der Waals surface area (Å²) in [4.78, 5) is 28.7. The molecule has 1 aromatic carbocycles. The highest BCUT2D eigenvalue weighted by molar-refractivity contribution is 6.31. The number of aliphatic hydroxyl groups is 1. The van der Waals surface area contributed by atoms with Crippen LogP contribution in [0.15, 0.2) is 24.3 Å². The Balaban J connectivity index is 1.70. The van der Waals surface area contributed by atoms with Crippen LogP contribution in [0, 0.1) is 11.8 Å². The van der Waals surface area contributed by atoms with Crippen molar-refractivity contribution in [3.63, 3.8) is 0 Å². The quantitative estimate of drug-likeness (QED) is 0.858. The molecule has 0 spiro atoms. The van der Waals surface area contributed by atoms with Gasteiger partial charge in [0.15, 0.2) is 0 Å². The summed E-state index contributed by atoms with van der Waals surface area (Å²) in [7, 11) is 0. The molecule has 23 heavy (non-hydrogen) atoms. The van der Waals surface area contributed by atoms with Crippen molar-refractivity contribution < 1.29 is 14.7 Å². The topological polar surface area (TPSA) is 60.9 Å². The first kappa shape index (κ1) is 16.3. The van der Waals surface area contributed by atoms with Crippen LogP contribution in [0.5, 0.6) is 0 Å². The Morgan fingerprint density at radius 3 is 2.87 bits per heavy atom. The zero-order valence-corrected chi connectivity index (χ0v) is 13.7. The number of piperidine rings is 1. The summed E-state index contributed by atoms with van der Waals surface area (Å²) in [6, 6.07) is 7.14. The molecular formula is C17H21ClN2O3. The molecule has 2 saturated heterocycles. The lowest BCUT2D eigenvalue weighted by atomic mass is 9.97. The number of rotatable bonds is 3. The average Bonchev–Trinajstić information content (AvgIpc) is 2.96. The molecule has 2 atom stereocenters. The Morgan fingerprint density at radius 1 is 1.30 bits per heavy atom. The van der Waals surface area contributed by atoms with Crippen molar-refractivity contribution in [1.29, 1.82) is 0 Å². The van der Waals surface area contributed by atoms with Gasteiger partial charge in [-0.25, -0.2) is 0 Å². The van der Waals surface area contributed by atoms with Gasteiger partial charge in [0.05, 0.1) is 0 Å². The Bertz CT molecular complexity index is 607.